The molecule has 12 heavy (non-hydrogen) atoms. The number of ether oxygens (including phenoxy) is 1. The van der Waals surface area contributed by atoms with Crippen LogP contribution in [0.2, 0.25) is 0 Å². The van der Waals surface area contributed by atoms with E-state index in [1.54, 1.807) is 0 Å². The zero-order valence-corrected chi connectivity index (χ0v) is 5.59. The highest BCUT2D eigenvalue weighted by Gasteiger charge is 2.42. The van der Waals surface area contributed by atoms with Gasteiger partial charge in [-0.25, -0.2) is 4.79 Å². The molecule has 0 spiro atoms. The molecule has 0 aromatic carbocycles. The molecule has 0 aliphatic heterocycles. The number of hydrogen-bond donors (Lipinski definition) is 2. The predicted octanol–water partition coefficient (Wildman–Crippen LogP) is -1.14. The van der Waals surface area contributed by atoms with E-state index in [0.29, 0.717) is 0 Å². The van der Waals surface area contributed by atoms with Gasteiger partial charge < -0.3 is 10.5 Å². The minimum Gasteiger partial charge on any atom is -0.430 e. The molecule has 0 aliphatic rings. The first-order valence-corrected chi connectivity index (χ1v) is 2.58. The van der Waals surface area contributed by atoms with Crippen molar-refractivity contribution in [3.05, 3.63) is 0 Å². The highest BCUT2D eigenvalue weighted by Crippen LogP contribution is 2.16. The lowest BCUT2D eigenvalue weighted by Crippen LogP contribution is -2.43. The highest BCUT2D eigenvalue weighted by molar-refractivity contribution is 5.83. The van der Waals surface area contributed by atoms with Crippen molar-refractivity contribution in [2.75, 3.05) is 0 Å². The third-order valence-corrected chi connectivity index (χ3v) is 0.746. The van der Waals surface area contributed by atoms with E-state index in [0.717, 1.165) is 0 Å². The molecular weight excluding hydrogens is 181 g/mol. The van der Waals surface area contributed by atoms with Crippen molar-refractivity contribution in [1.29, 1.82) is 0 Å². The Kier molecular flexibility index (Phi) is 3.02. The zero-order chi connectivity index (χ0) is 9.94. The number of carbonyl (C=O) groups excluding carboxylic acids is 2. The van der Waals surface area contributed by atoms with Crippen LogP contribution < -0.4 is 11.5 Å². The zero-order valence-electron chi connectivity index (χ0n) is 5.59. The summed E-state index contributed by atoms with van der Waals surface area (Å²) in [5, 5.41) is 0. The van der Waals surface area contributed by atoms with Crippen LogP contribution in [0.4, 0.5) is 13.2 Å². The van der Waals surface area contributed by atoms with E-state index in [9.17, 15) is 22.8 Å². The number of hydrogen-bond acceptors (Lipinski definition) is 4. The SMILES string of the molecule is NC(=O)C(N)OC(=O)C(F)(F)F. The second-order valence-corrected chi connectivity index (χ2v) is 1.73. The van der Waals surface area contributed by atoms with E-state index in [1.807, 2.05) is 0 Å². The molecule has 0 rings (SSSR count). The summed E-state index contributed by atoms with van der Waals surface area (Å²) in [5.74, 6) is -3.90. The summed E-state index contributed by atoms with van der Waals surface area (Å²) >= 11 is 0. The Morgan fingerprint density at radius 3 is 2.00 bits per heavy atom. The summed E-state index contributed by atoms with van der Waals surface area (Å²) in [7, 11) is 0. The Bertz CT molecular complexity index is 202. The standard InChI is InChI=1S/C4H5F3N2O3/c5-4(6,7)3(11)12-2(9)1(8)10/h2H,9H2,(H2,8,10). The molecule has 0 heterocycles. The van der Waals surface area contributed by atoms with Gasteiger partial charge >= 0.3 is 12.1 Å². The fraction of sp³-hybridized carbons (Fsp3) is 0.500. The number of amides is 1. The molecule has 0 aromatic heterocycles. The molecule has 0 fully saturated rings. The summed E-state index contributed by atoms with van der Waals surface area (Å²) in [4.78, 5) is 20.0. The smallest absolute Gasteiger partial charge is 0.430 e. The molecule has 1 unspecified atom stereocenters. The molecule has 0 aromatic rings. The second kappa shape index (κ2) is 3.39. The van der Waals surface area contributed by atoms with E-state index in [1.165, 1.54) is 0 Å². The molecule has 0 saturated heterocycles. The normalized spacial score (nSPS) is 13.7. The van der Waals surface area contributed by atoms with Crippen LogP contribution in [0.15, 0.2) is 0 Å². The number of carbonyl (C=O) groups is 2. The van der Waals surface area contributed by atoms with Crippen molar-refractivity contribution in [3.8, 4) is 0 Å². The van der Waals surface area contributed by atoms with Crippen molar-refractivity contribution in [1.82, 2.24) is 0 Å². The third-order valence-electron chi connectivity index (χ3n) is 0.746. The van der Waals surface area contributed by atoms with Gasteiger partial charge in [-0.05, 0) is 0 Å². The van der Waals surface area contributed by atoms with Crippen LogP contribution in [0.25, 0.3) is 0 Å². The molecule has 5 nitrogen and oxygen atoms in total. The minimum atomic E-state index is -5.17. The van der Waals surface area contributed by atoms with Gasteiger partial charge in [0.2, 0.25) is 6.23 Å². The topological polar surface area (TPSA) is 95.4 Å². The minimum absolute atomic E-state index is 1.35. The third kappa shape index (κ3) is 3.19. The Morgan fingerprint density at radius 1 is 1.33 bits per heavy atom. The average molecular weight is 186 g/mol. The maximum absolute atomic E-state index is 11.4. The molecule has 1 atom stereocenters. The average Bonchev–Trinajstić information content (AvgIpc) is 1.85. The van der Waals surface area contributed by atoms with Crippen molar-refractivity contribution in [3.63, 3.8) is 0 Å². The first kappa shape index (κ1) is 10.7. The Hall–Kier alpha value is -1.31. The van der Waals surface area contributed by atoms with Gasteiger partial charge in [-0.1, -0.05) is 0 Å². The van der Waals surface area contributed by atoms with Crippen molar-refractivity contribution in [2.45, 2.75) is 12.4 Å². The monoisotopic (exact) mass is 186 g/mol. The first-order valence-electron chi connectivity index (χ1n) is 2.58. The van der Waals surface area contributed by atoms with Gasteiger partial charge in [0.1, 0.15) is 0 Å². The number of primary amides is 1. The van der Waals surface area contributed by atoms with Crippen LogP contribution in [0.5, 0.6) is 0 Å². The van der Waals surface area contributed by atoms with Gasteiger partial charge in [0.15, 0.2) is 0 Å². The molecule has 4 N–H and O–H groups in total. The maximum Gasteiger partial charge on any atom is 0.490 e. The molecule has 0 radical (unpaired) electrons. The Labute approximate surface area is 64.4 Å². The summed E-state index contributed by atoms with van der Waals surface area (Å²) in [6.07, 6.45) is -7.24. The van der Waals surface area contributed by atoms with Crippen molar-refractivity contribution in [2.24, 2.45) is 11.5 Å². The largest absolute Gasteiger partial charge is 0.490 e. The van der Waals surface area contributed by atoms with Crippen LogP contribution in [0, 0.1) is 0 Å². The molecule has 0 bridgehead atoms. The molecule has 70 valence electrons. The van der Waals surface area contributed by atoms with Crippen molar-refractivity contribution < 1.29 is 27.5 Å². The van der Waals surface area contributed by atoms with Crippen LogP contribution in [-0.2, 0) is 14.3 Å². The van der Waals surface area contributed by atoms with E-state index in [4.69, 9.17) is 0 Å². The molecular formula is C4H5F3N2O3. The quantitative estimate of drug-likeness (QED) is 0.421. The molecule has 8 heteroatoms. The van der Waals surface area contributed by atoms with Gasteiger partial charge in [-0.3, -0.25) is 10.5 Å². The van der Waals surface area contributed by atoms with Crippen LogP contribution >= 0.6 is 0 Å². The number of esters is 1. The first-order chi connectivity index (χ1) is 5.25. The van der Waals surface area contributed by atoms with E-state index >= 15 is 0 Å². The fourth-order valence-corrected chi connectivity index (χ4v) is 0.240. The summed E-state index contributed by atoms with van der Waals surface area (Å²) in [6, 6.07) is 0. The number of nitrogens with two attached hydrogens (primary N) is 2. The second-order valence-electron chi connectivity index (χ2n) is 1.73. The number of halogens is 3. The van der Waals surface area contributed by atoms with Crippen LogP contribution in [0.1, 0.15) is 0 Å². The predicted molar refractivity (Wildman–Crippen MR) is 29.3 cm³/mol. The van der Waals surface area contributed by atoms with E-state index in [-0.39, 0.29) is 0 Å². The summed E-state index contributed by atoms with van der Waals surface area (Å²) < 4.78 is 37.6. The highest BCUT2D eigenvalue weighted by atomic mass is 19.4. The lowest BCUT2D eigenvalue weighted by Gasteiger charge is -2.10. The van der Waals surface area contributed by atoms with E-state index < -0.39 is 24.3 Å². The summed E-state index contributed by atoms with van der Waals surface area (Å²) in [5.41, 5.74) is 9.02. The van der Waals surface area contributed by atoms with Gasteiger partial charge in [0, 0.05) is 0 Å². The summed E-state index contributed by atoms with van der Waals surface area (Å²) in [6.45, 7) is 0. The van der Waals surface area contributed by atoms with Crippen LogP contribution in [0.3, 0.4) is 0 Å². The maximum atomic E-state index is 11.4. The Balaban J connectivity index is 4.11. The number of rotatable bonds is 2. The molecule has 0 saturated carbocycles. The Morgan fingerprint density at radius 2 is 1.75 bits per heavy atom. The lowest BCUT2D eigenvalue weighted by atomic mass is 10.5. The molecule has 1 amide bonds. The lowest BCUT2D eigenvalue weighted by molar-refractivity contribution is -0.204. The fourth-order valence-electron chi connectivity index (χ4n) is 0.240. The van der Waals surface area contributed by atoms with Gasteiger partial charge in [0.25, 0.3) is 5.91 Å². The van der Waals surface area contributed by atoms with E-state index in [2.05, 4.69) is 16.2 Å². The number of alkyl halides is 3. The van der Waals surface area contributed by atoms with Gasteiger partial charge in [-0.2, -0.15) is 13.2 Å². The van der Waals surface area contributed by atoms with Gasteiger partial charge in [-0.15, -0.1) is 0 Å². The molecule has 0 aliphatic carbocycles. The van der Waals surface area contributed by atoms with Gasteiger partial charge in [0.05, 0.1) is 0 Å². The van der Waals surface area contributed by atoms with Crippen LogP contribution in [-0.4, -0.2) is 24.3 Å². The van der Waals surface area contributed by atoms with Crippen molar-refractivity contribution >= 4 is 11.9 Å².